The number of para-hydroxylation sites is 1. The number of aryl methyl sites for hydroxylation is 3. The average Bonchev–Trinajstić information content (AvgIpc) is 2.67. The number of hydrogen-bond acceptors (Lipinski definition) is 4. The van der Waals surface area contributed by atoms with Crippen molar-refractivity contribution in [3.8, 4) is 5.75 Å². The van der Waals surface area contributed by atoms with Crippen molar-refractivity contribution in [1.82, 2.24) is 0 Å². The van der Waals surface area contributed by atoms with E-state index < -0.39 is 0 Å². The molecule has 0 bridgehead atoms. The second-order valence-corrected chi connectivity index (χ2v) is 6.96. The van der Waals surface area contributed by atoms with Crippen LogP contribution in [0.3, 0.4) is 0 Å². The fraction of sp³-hybridized carbons (Fsp3) is 0.304. The van der Waals surface area contributed by atoms with Crippen LogP contribution in [0, 0.1) is 13.8 Å². The van der Waals surface area contributed by atoms with Crippen LogP contribution in [0.25, 0.3) is 11.0 Å². The summed E-state index contributed by atoms with van der Waals surface area (Å²) in [6.07, 6.45) is 2.89. The molecular formula is C23H25NO4. The van der Waals surface area contributed by atoms with E-state index in [0.717, 1.165) is 47.0 Å². The Bertz CT molecular complexity index is 1030. The van der Waals surface area contributed by atoms with E-state index in [1.807, 2.05) is 38.1 Å². The summed E-state index contributed by atoms with van der Waals surface area (Å²) in [6.45, 7) is 5.89. The quantitative estimate of drug-likeness (QED) is 0.601. The minimum atomic E-state index is -0.372. The van der Waals surface area contributed by atoms with E-state index in [-0.39, 0.29) is 18.1 Å². The van der Waals surface area contributed by atoms with Gasteiger partial charge in [-0.1, -0.05) is 31.5 Å². The first kappa shape index (κ1) is 19.7. The molecule has 0 fully saturated rings. The molecule has 3 aromatic rings. The Morgan fingerprint density at radius 3 is 2.57 bits per heavy atom. The van der Waals surface area contributed by atoms with Gasteiger partial charge in [0.05, 0.1) is 0 Å². The molecule has 28 heavy (non-hydrogen) atoms. The highest BCUT2D eigenvalue weighted by molar-refractivity contribution is 5.93. The van der Waals surface area contributed by atoms with Gasteiger partial charge in [0.25, 0.3) is 5.91 Å². The Labute approximate surface area is 164 Å². The molecule has 1 N–H and O–H groups in total. The number of unbranched alkanes of at least 4 members (excludes halogenated alkanes) is 1. The van der Waals surface area contributed by atoms with Crippen molar-refractivity contribution in [3.63, 3.8) is 0 Å². The molecule has 0 spiro atoms. The maximum absolute atomic E-state index is 12.3. The number of nitrogens with one attached hydrogen (secondary N) is 1. The van der Waals surface area contributed by atoms with E-state index >= 15 is 0 Å². The Hall–Kier alpha value is -3.08. The highest BCUT2D eigenvalue weighted by Gasteiger charge is 2.10. The molecule has 0 radical (unpaired) electrons. The van der Waals surface area contributed by atoms with Crippen LogP contribution >= 0.6 is 0 Å². The van der Waals surface area contributed by atoms with E-state index in [4.69, 9.17) is 9.15 Å². The maximum Gasteiger partial charge on any atom is 0.336 e. The maximum atomic E-state index is 12.3. The van der Waals surface area contributed by atoms with Gasteiger partial charge in [-0.15, -0.1) is 0 Å². The lowest BCUT2D eigenvalue weighted by atomic mass is 10.0. The third-order valence-electron chi connectivity index (χ3n) is 4.72. The molecule has 0 aliphatic carbocycles. The van der Waals surface area contributed by atoms with Gasteiger partial charge in [0.15, 0.2) is 6.61 Å². The van der Waals surface area contributed by atoms with Crippen molar-refractivity contribution >= 4 is 22.6 Å². The Kier molecular flexibility index (Phi) is 6.14. The van der Waals surface area contributed by atoms with Gasteiger partial charge in [-0.3, -0.25) is 4.79 Å². The number of ether oxygens (including phenoxy) is 1. The van der Waals surface area contributed by atoms with E-state index in [1.54, 1.807) is 18.2 Å². The van der Waals surface area contributed by atoms with E-state index in [1.165, 1.54) is 0 Å². The van der Waals surface area contributed by atoms with Gasteiger partial charge in [-0.25, -0.2) is 4.79 Å². The van der Waals surface area contributed by atoms with Crippen molar-refractivity contribution < 1.29 is 13.9 Å². The number of carbonyl (C=O) groups is 1. The van der Waals surface area contributed by atoms with Gasteiger partial charge in [0, 0.05) is 23.2 Å². The van der Waals surface area contributed by atoms with Crippen molar-refractivity contribution in [3.05, 3.63) is 69.6 Å². The summed E-state index contributed by atoms with van der Waals surface area (Å²) in [5.41, 5.74) is 3.89. The van der Waals surface area contributed by atoms with E-state index in [0.29, 0.717) is 11.3 Å². The fourth-order valence-electron chi connectivity index (χ4n) is 3.21. The topological polar surface area (TPSA) is 68.5 Å². The first-order valence-corrected chi connectivity index (χ1v) is 9.53. The molecule has 1 heterocycles. The molecule has 0 unspecified atom stereocenters. The van der Waals surface area contributed by atoms with Crippen LogP contribution in [-0.4, -0.2) is 12.5 Å². The molecule has 0 atom stereocenters. The van der Waals surface area contributed by atoms with Crippen molar-refractivity contribution in [1.29, 1.82) is 0 Å². The molecule has 146 valence electrons. The standard InChI is InChI=1S/C23H25NO4/c1-4-5-9-17-12-22(26)28-20-13-18(10-11-19(17)20)27-14-21(25)24-23-15(2)7-6-8-16(23)3/h6-8,10-13H,4-5,9,14H2,1-3H3,(H,24,25). The minimum absolute atomic E-state index is 0.126. The van der Waals surface area contributed by atoms with E-state index in [9.17, 15) is 9.59 Å². The zero-order valence-corrected chi connectivity index (χ0v) is 16.5. The summed E-state index contributed by atoms with van der Waals surface area (Å²) in [6, 6.07) is 12.7. The van der Waals surface area contributed by atoms with Gasteiger partial charge >= 0.3 is 5.63 Å². The number of hydrogen-bond donors (Lipinski definition) is 1. The van der Waals surface area contributed by atoms with Crippen molar-refractivity contribution in [2.75, 3.05) is 11.9 Å². The van der Waals surface area contributed by atoms with Crippen LogP contribution in [-0.2, 0) is 11.2 Å². The monoisotopic (exact) mass is 379 g/mol. The first-order chi connectivity index (χ1) is 13.5. The number of carbonyl (C=O) groups excluding carboxylic acids is 1. The molecule has 0 aliphatic heterocycles. The molecule has 3 rings (SSSR count). The van der Waals surface area contributed by atoms with Gasteiger partial charge in [-0.2, -0.15) is 0 Å². The summed E-state index contributed by atoms with van der Waals surface area (Å²) in [4.78, 5) is 24.1. The van der Waals surface area contributed by atoms with Crippen LogP contribution in [0.1, 0.15) is 36.5 Å². The molecule has 5 heteroatoms. The summed E-state index contributed by atoms with van der Waals surface area (Å²) in [7, 11) is 0. The summed E-state index contributed by atoms with van der Waals surface area (Å²) >= 11 is 0. The van der Waals surface area contributed by atoms with Crippen molar-refractivity contribution in [2.45, 2.75) is 40.0 Å². The summed E-state index contributed by atoms with van der Waals surface area (Å²) < 4.78 is 10.9. The average molecular weight is 379 g/mol. The Morgan fingerprint density at radius 1 is 1.11 bits per heavy atom. The SMILES string of the molecule is CCCCc1cc(=O)oc2cc(OCC(=O)Nc3c(C)cccc3C)ccc12. The van der Waals surface area contributed by atoms with Crippen LogP contribution in [0.5, 0.6) is 5.75 Å². The summed E-state index contributed by atoms with van der Waals surface area (Å²) in [5.74, 6) is 0.246. The normalized spacial score (nSPS) is 10.8. The second kappa shape index (κ2) is 8.74. The smallest absolute Gasteiger partial charge is 0.336 e. The van der Waals surface area contributed by atoms with E-state index in [2.05, 4.69) is 12.2 Å². The minimum Gasteiger partial charge on any atom is -0.484 e. The number of fused-ring (bicyclic) bond motifs is 1. The molecule has 0 aliphatic rings. The predicted octanol–water partition coefficient (Wildman–Crippen LogP) is 4.77. The van der Waals surface area contributed by atoms with Crippen LogP contribution in [0.15, 0.2) is 51.7 Å². The molecule has 2 aromatic carbocycles. The zero-order chi connectivity index (χ0) is 20.1. The number of rotatable bonds is 7. The van der Waals surface area contributed by atoms with Crippen LogP contribution < -0.4 is 15.7 Å². The molecule has 1 amide bonds. The van der Waals surface area contributed by atoms with Gasteiger partial charge in [0.2, 0.25) is 0 Å². The summed E-state index contributed by atoms with van der Waals surface area (Å²) in [5, 5.41) is 3.79. The number of anilines is 1. The predicted molar refractivity (Wildman–Crippen MR) is 111 cm³/mol. The zero-order valence-electron chi connectivity index (χ0n) is 16.5. The first-order valence-electron chi connectivity index (χ1n) is 9.53. The van der Waals surface area contributed by atoms with Gasteiger partial charge in [0.1, 0.15) is 11.3 Å². The number of benzene rings is 2. The lowest BCUT2D eigenvalue weighted by molar-refractivity contribution is -0.118. The fourth-order valence-corrected chi connectivity index (χ4v) is 3.21. The Balaban J connectivity index is 1.72. The highest BCUT2D eigenvalue weighted by atomic mass is 16.5. The molecular weight excluding hydrogens is 354 g/mol. The third-order valence-corrected chi connectivity index (χ3v) is 4.72. The third kappa shape index (κ3) is 4.60. The molecule has 5 nitrogen and oxygen atoms in total. The molecule has 0 saturated heterocycles. The molecule has 0 saturated carbocycles. The second-order valence-electron chi connectivity index (χ2n) is 6.96. The van der Waals surface area contributed by atoms with Crippen LogP contribution in [0.2, 0.25) is 0 Å². The lowest BCUT2D eigenvalue weighted by Crippen LogP contribution is -2.21. The lowest BCUT2D eigenvalue weighted by Gasteiger charge is -2.12. The van der Waals surface area contributed by atoms with Crippen molar-refractivity contribution in [2.24, 2.45) is 0 Å². The highest BCUT2D eigenvalue weighted by Crippen LogP contribution is 2.24. The largest absolute Gasteiger partial charge is 0.484 e. The number of amides is 1. The Morgan fingerprint density at radius 2 is 1.86 bits per heavy atom. The van der Waals surface area contributed by atoms with Crippen LogP contribution in [0.4, 0.5) is 5.69 Å². The van der Waals surface area contributed by atoms with Gasteiger partial charge in [-0.05, 0) is 55.5 Å². The molecule has 1 aromatic heterocycles. The van der Waals surface area contributed by atoms with Gasteiger partial charge < -0.3 is 14.5 Å².